The number of pyridine rings is 1. The highest BCUT2D eigenvalue weighted by molar-refractivity contribution is 6.06. The number of methoxy groups -OCH3 is 2. The van der Waals surface area contributed by atoms with Crippen LogP contribution >= 0.6 is 0 Å². The summed E-state index contributed by atoms with van der Waals surface area (Å²) in [5, 5.41) is 5.89. The Labute approximate surface area is 205 Å². The van der Waals surface area contributed by atoms with Crippen molar-refractivity contribution in [2.45, 2.75) is 25.8 Å². The summed E-state index contributed by atoms with van der Waals surface area (Å²) < 4.78 is 10.5. The molecule has 35 heavy (non-hydrogen) atoms. The largest absolute Gasteiger partial charge is 0.497 e. The number of nitrogens with one attached hydrogen (secondary N) is 2. The van der Waals surface area contributed by atoms with Crippen LogP contribution in [0.5, 0.6) is 11.5 Å². The van der Waals surface area contributed by atoms with Crippen molar-refractivity contribution in [2.75, 3.05) is 37.5 Å². The van der Waals surface area contributed by atoms with Crippen molar-refractivity contribution >= 4 is 23.2 Å². The third-order valence-corrected chi connectivity index (χ3v) is 5.99. The first-order valence-electron chi connectivity index (χ1n) is 11.7. The van der Waals surface area contributed by atoms with Gasteiger partial charge >= 0.3 is 0 Å². The summed E-state index contributed by atoms with van der Waals surface area (Å²) in [6.07, 6.45) is 6.80. The molecule has 1 aliphatic heterocycles. The van der Waals surface area contributed by atoms with Crippen LogP contribution in [0.2, 0.25) is 0 Å². The molecule has 0 saturated carbocycles. The van der Waals surface area contributed by atoms with Crippen LogP contribution < -0.4 is 25.0 Å². The van der Waals surface area contributed by atoms with Gasteiger partial charge in [-0.05, 0) is 61.2 Å². The Balaban J connectivity index is 1.58. The lowest BCUT2D eigenvalue weighted by molar-refractivity contribution is 0.0950. The fourth-order valence-corrected chi connectivity index (χ4v) is 4.13. The molecule has 0 bridgehead atoms. The van der Waals surface area contributed by atoms with Crippen LogP contribution in [0.25, 0.3) is 0 Å². The van der Waals surface area contributed by atoms with Crippen molar-refractivity contribution in [1.29, 1.82) is 0 Å². The van der Waals surface area contributed by atoms with Crippen molar-refractivity contribution in [3.05, 3.63) is 77.6 Å². The number of carbonyl (C=O) groups excluding carboxylic acids is 2. The standard InChI is InChI=1S/C27H30N4O4/c1-34-22-13-20(14-23(16-22)35-2)26(32)30-21-8-9-25(31-11-4-3-5-12-31)24(15-21)27(33)29-18-19-7-6-10-28-17-19/h6-10,13-17H,3-5,11-12,18H2,1-2H3,(H,29,33)(H,30,32). The molecule has 0 atom stereocenters. The van der Waals surface area contributed by atoms with Gasteiger partial charge in [-0.1, -0.05) is 6.07 Å². The van der Waals surface area contributed by atoms with Crippen molar-refractivity contribution < 1.29 is 19.1 Å². The van der Waals surface area contributed by atoms with Gasteiger partial charge in [-0.25, -0.2) is 0 Å². The average molecular weight is 475 g/mol. The van der Waals surface area contributed by atoms with Crippen LogP contribution in [0, 0.1) is 0 Å². The fraction of sp³-hybridized carbons (Fsp3) is 0.296. The molecule has 8 nitrogen and oxygen atoms in total. The molecule has 8 heteroatoms. The quantitative estimate of drug-likeness (QED) is 0.507. The van der Waals surface area contributed by atoms with Crippen LogP contribution in [0.1, 0.15) is 45.5 Å². The summed E-state index contributed by atoms with van der Waals surface area (Å²) in [5.41, 5.74) is 3.23. The molecule has 1 aromatic heterocycles. The summed E-state index contributed by atoms with van der Waals surface area (Å²) in [6.45, 7) is 2.17. The lowest BCUT2D eigenvalue weighted by atomic mass is 10.1. The molecule has 2 heterocycles. The second kappa shape index (κ2) is 11.4. The minimum absolute atomic E-state index is 0.200. The maximum atomic E-state index is 13.3. The summed E-state index contributed by atoms with van der Waals surface area (Å²) >= 11 is 0. The average Bonchev–Trinajstić information content (AvgIpc) is 2.92. The molecule has 1 aliphatic rings. The van der Waals surface area contributed by atoms with E-state index in [9.17, 15) is 9.59 Å². The number of benzene rings is 2. The number of hydrogen-bond acceptors (Lipinski definition) is 6. The fourth-order valence-electron chi connectivity index (χ4n) is 4.13. The Hall–Kier alpha value is -4.07. The lowest BCUT2D eigenvalue weighted by Gasteiger charge is -2.30. The van der Waals surface area contributed by atoms with E-state index in [1.807, 2.05) is 24.3 Å². The van der Waals surface area contributed by atoms with E-state index in [-0.39, 0.29) is 11.8 Å². The van der Waals surface area contributed by atoms with Gasteiger partial charge in [0.25, 0.3) is 11.8 Å². The summed E-state index contributed by atoms with van der Waals surface area (Å²) in [4.78, 5) is 32.6. The third-order valence-electron chi connectivity index (χ3n) is 5.99. The summed E-state index contributed by atoms with van der Waals surface area (Å²) in [7, 11) is 3.07. The maximum absolute atomic E-state index is 13.3. The number of aromatic nitrogens is 1. The molecule has 2 aromatic carbocycles. The van der Waals surface area contributed by atoms with E-state index in [0.717, 1.165) is 37.2 Å². The van der Waals surface area contributed by atoms with Crippen LogP contribution in [0.4, 0.5) is 11.4 Å². The second-order valence-electron chi connectivity index (χ2n) is 8.38. The lowest BCUT2D eigenvalue weighted by Crippen LogP contribution is -2.32. The predicted molar refractivity (Wildman–Crippen MR) is 135 cm³/mol. The molecule has 1 fully saturated rings. The van der Waals surface area contributed by atoms with E-state index in [4.69, 9.17) is 9.47 Å². The number of rotatable bonds is 8. The Morgan fingerprint density at radius 1 is 0.943 bits per heavy atom. The first kappa shape index (κ1) is 24.1. The monoisotopic (exact) mass is 474 g/mol. The first-order chi connectivity index (χ1) is 17.1. The second-order valence-corrected chi connectivity index (χ2v) is 8.38. The summed E-state index contributed by atoms with van der Waals surface area (Å²) in [5.74, 6) is 0.513. The Morgan fingerprint density at radius 3 is 2.34 bits per heavy atom. The molecule has 0 radical (unpaired) electrons. The van der Waals surface area contributed by atoms with Gasteiger partial charge in [-0.15, -0.1) is 0 Å². The third kappa shape index (κ3) is 6.09. The van der Waals surface area contributed by atoms with Gasteiger partial charge in [0.05, 0.1) is 19.8 Å². The zero-order valence-corrected chi connectivity index (χ0v) is 20.0. The molecule has 2 N–H and O–H groups in total. The Bertz CT molecular complexity index is 1150. The normalized spacial score (nSPS) is 13.1. The number of hydrogen-bond donors (Lipinski definition) is 2. The van der Waals surface area contributed by atoms with Crippen molar-refractivity contribution in [3.8, 4) is 11.5 Å². The molecule has 1 saturated heterocycles. The highest BCUT2D eigenvalue weighted by Gasteiger charge is 2.20. The number of piperidine rings is 1. The van der Waals surface area contributed by atoms with Gasteiger partial charge < -0.3 is 25.0 Å². The van der Waals surface area contributed by atoms with Gasteiger partial charge in [0.15, 0.2) is 0 Å². The molecular weight excluding hydrogens is 444 g/mol. The van der Waals surface area contributed by atoms with Crippen molar-refractivity contribution in [3.63, 3.8) is 0 Å². The molecule has 0 unspecified atom stereocenters. The smallest absolute Gasteiger partial charge is 0.255 e. The van der Waals surface area contributed by atoms with E-state index in [1.165, 1.54) is 20.6 Å². The van der Waals surface area contributed by atoms with Gasteiger partial charge in [-0.2, -0.15) is 0 Å². The topological polar surface area (TPSA) is 92.8 Å². The molecule has 4 rings (SSSR count). The van der Waals surface area contributed by atoms with Gasteiger partial charge in [-0.3, -0.25) is 14.6 Å². The first-order valence-corrected chi connectivity index (χ1v) is 11.7. The zero-order chi connectivity index (χ0) is 24.6. The van der Waals surface area contributed by atoms with Gasteiger partial charge in [0, 0.05) is 55.0 Å². The van der Waals surface area contributed by atoms with Gasteiger partial charge in [0.2, 0.25) is 0 Å². The number of amides is 2. The number of anilines is 2. The van der Waals surface area contributed by atoms with Crippen molar-refractivity contribution in [1.82, 2.24) is 10.3 Å². The van der Waals surface area contributed by atoms with Gasteiger partial charge in [0.1, 0.15) is 11.5 Å². The number of ether oxygens (including phenoxy) is 2. The van der Waals surface area contributed by atoms with E-state index in [2.05, 4.69) is 20.5 Å². The molecule has 0 aliphatic carbocycles. The van der Waals surface area contributed by atoms with Crippen LogP contribution in [-0.2, 0) is 6.54 Å². The highest BCUT2D eigenvalue weighted by atomic mass is 16.5. The SMILES string of the molecule is COc1cc(OC)cc(C(=O)Nc2ccc(N3CCCCC3)c(C(=O)NCc3cccnc3)c2)c1. The van der Waals surface area contributed by atoms with Crippen LogP contribution in [0.3, 0.4) is 0 Å². The minimum Gasteiger partial charge on any atom is -0.497 e. The molecule has 182 valence electrons. The van der Waals surface area contributed by atoms with E-state index in [0.29, 0.717) is 34.9 Å². The number of carbonyl (C=O) groups is 2. The molecular formula is C27H30N4O4. The molecule has 3 aromatic rings. The van der Waals surface area contributed by atoms with Crippen LogP contribution in [-0.4, -0.2) is 44.1 Å². The Kier molecular flexibility index (Phi) is 7.82. The predicted octanol–water partition coefficient (Wildman–Crippen LogP) is 4.27. The summed E-state index contributed by atoms with van der Waals surface area (Å²) in [6, 6.07) is 14.2. The minimum atomic E-state index is -0.324. The van der Waals surface area contributed by atoms with E-state index in [1.54, 1.807) is 36.7 Å². The zero-order valence-electron chi connectivity index (χ0n) is 20.0. The van der Waals surface area contributed by atoms with E-state index < -0.39 is 0 Å². The molecule has 0 spiro atoms. The number of nitrogens with zero attached hydrogens (tertiary/aromatic N) is 2. The maximum Gasteiger partial charge on any atom is 0.255 e. The molecule has 2 amide bonds. The van der Waals surface area contributed by atoms with Crippen molar-refractivity contribution in [2.24, 2.45) is 0 Å². The van der Waals surface area contributed by atoms with Crippen LogP contribution in [0.15, 0.2) is 60.9 Å². The van der Waals surface area contributed by atoms with E-state index >= 15 is 0 Å². The highest BCUT2D eigenvalue weighted by Crippen LogP contribution is 2.28. The Morgan fingerprint density at radius 2 is 1.69 bits per heavy atom.